The molecule has 0 bridgehead atoms. The van der Waals surface area contributed by atoms with Crippen LogP contribution in [-0.2, 0) is 11.8 Å². The van der Waals surface area contributed by atoms with E-state index in [4.69, 9.17) is 4.74 Å². The first-order chi connectivity index (χ1) is 12.1. The maximum Gasteiger partial charge on any atom is 0.167 e. The second-order valence-electron chi connectivity index (χ2n) is 6.78. The molecule has 3 N–H and O–H groups in total. The number of carbonyl (C=O) groups is 1. The van der Waals surface area contributed by atoms with E-state index in [1.54, 1.807) is 6.92 Å². The smallest absolute Gasteiger partial charge is 0.167 e. The molecule has 0 radical (unpaired) electrons. The number of rotatable bonds is 4. The van der Waals surface area contributed by atoms with Gasteiger partial charge in [0.15, 0.2) is 12.0 Å². The number of fused-ring (bicyclic) bond motifs is 1. The molecule has 2 aliphatic rings. The number of nitrogens with zero attached hydrogens (tertiary/aromatic N) is 1. The number of carbonyl (C=O) groups excluding carboxylic acids is 1. The molecular weight excluding hydrogens is 316 g/mol. The Hall–Kier alpha value is -2.15. The van der Waals surface area contributed by atoms with Crippen LogP contribution in [-0.4, -0.2) is 29.5 Å². The number of aryl methyl sites for hydroxylation is 1. The summed E-state index contributed by atoms with van der Waals surface area (Å²) in [7, 11) is 2.04. The molecule has 1 unspecified atom stereocenters. The number of piperidine rings is 1. The number of hydrogen-bond acceptors (Lipinski definition) is 5. The van der Waals surface area contributed by atoms with Crippen LogP contribution in [0.15, 0.2) is 30.5 Å². The summed E-state index contributed by atoms with van der Waals surface area (Å²) in [5.41, 5.74) is 11.6. The van der Waals surface area contributed by atoms with Gasteiger partial charge in [0.25, 0.3) is 0 Å². The van der Waals surface area contributed by atoms with Crippen molar-refractivity contribution < 1.29 is 9.53 Å². The van der Waals surface area contributed by atoms with Gasteiger partial charge >= 0.3 is 0 Å². The van der Waals surface area contributed by atoms with E-state index in [1.165, 1.54) is 0 Å². The number of hydrogen-bond donors (Lipinski definition) is 3. The predicted molar refractivity (Wildman–Crippen MR) is 97.3 cm³/mol. The lowest BCUT2D eigenvalue weighted by Crippen LogP contribution is -2.35. The van der Waals surface area contributed by atoms with E-state index >= 15 is 0 Å². The van der Waals surface area contributed by atoms with Gasteiger partial charge < -0.3 is 20.0 Å². The molecule has 1 aromatic carbocycles. The minimum absolute atomic E-state index is 0.0834. The van der Waals surface area contributed by atoms with Crippen molar-refractivity contribution in [2.75, 3.05) is 18.5 Å². The van der Waals surface area contributed by atoms with Gasteiger partial charge in [-0.05, 0) is 38.4 Å². The van der Waals surface area contributed by atoms with Gasteiger partial charge in [0.1, 0.15) is 0 Å². The molecule has 1 saturated heterocycles. The zero-order valence-electron chi connectivity index (χ0n) is 14.6. The molecular formula is C19H24N4O2. The van der Waals surface area contributed by atoms with Crippen molar-refractivity contribution in [3.8, 4) is 11.1 Å². The maximum atomic E-state index is 11.5. The zero-order chi connectivity index (χ0) is 17.4. The third-order valence-electron chi connectivity index (χ3n) is 5.02. The molecule has 0 amide bonds. The van der Waals surface area contributed by atoms with Crippen LogP contribution < -0.4 is 16.2 Å². The summed E-state index contributed by atoms with van der Waals surface area (Å²) >= 11 is 0. The van der Waals surface area contributed by atoms with Crippen molar-refractivity contribution in [3.05, 3.63) is 41.7 Å². The van der Waals surface area contributed by atoms with Crippen LogP contribution >= 0.6 is 0 Å². The van der Waals surface area contributed by atoms with Crippen LogP contribution in [0.25, 0.3) is 11.1 Å². The highest BCUT2D eigenvalue weighted by molar-refractivity contribution is 5.94. The lowest BCUT2D eigenvalue weighted by Gasteiger charge is -2.26. The summed E-state index contributed by atoms with van der Waals surface area (Å²) < 4.78 is 8.39. The molecule has 132 valence electrons. The normalized spacial score (nSPS) is 20.3. The summed E-state index contributed by atoms with van der Waals surface area (Å²) in [6, 6.07) is 7.74. The first-order valence-electron chi connectivity index (χ1n) is 8.82. The van der Waals surface area contributed by atoms with E-state index < -0.39 is 0 Å². The highest BCUT2D eigenvalue weighted by atomic mass is 16.5. The molecule has 1 fully saturated rings. The van der Waals surface area contributed by atoms with Crippen LogP contribution in [0.4, 0.5) is 5.69 Å². The summed E-state index contributed by atoms with van der Waals surface area (Å²) in [5.74, 6) is 0.0834. The van der Waals surface area contributed by atoms with Crippen LogP contribution in [0.1, 0.15) is 42.0 Å². The van der Waals surface area contributed by atoms with E-state index in [0.717, 1.165) is 54.0 Å². The number of aromatic nitrogens is 1. The molecule has 2 aromatic rings. The Morgan fingerprint density at radius 3 is 2.60 bits per heavy atom. The van der Waals surface area contributed by atoms with E-state index in [2.05, 4.69) is 26.9 Å². The van der Waals surface area contributed by atoms with Crippen molar-refractivity contribution in [2.45, 2.75) is 32.1 Å². The summed E-state index contributed by atoms with van der Waals surface area (Å²) in [5, 5.41) is 3.36. The molecule has 2 aliphatic heterocycles. The average molecular weight is 340 g/mol. The van der Waals surface area contributed by atoms with Gasteiger partial charge in [-0.3, -0.25) is 4.79 Å². The summed E-state index contributed by atoms with van der Waals surface area (Å²) in [6.07, 6.45) is 4.32. The zero-order valence-corrected chi connectivity index (χ0v) is 14.6. The lowest BCUT2D eigenvalue weighted by molar-refractivity contribution is -0.0400. The first-order valence-corrected chi connectivity index (χ1v) is 8.82. The third kappa shape index (κ3) is 3.08. The fourth-order valence-corrected chi connectivity index (χ4v) is 3.62. The van der Waals surface area contributed by atoms with Gasteiger partial charge in [-0.2, -0.15) is 0 Å². The number of benzene rings is 1. The molecule has 1 atom stereocenters. The second-order valence-corrected chi connectivity index (χ2v) is 6.78. The van der Waals surface area contributed by atoms with Crippen LogP contribution in [0, 0.1) is 0 Å². The van der Waals surface area contributed by atoms with Crippen LogP contribution in [0.3, 0.4) is 0 Å². The van der Waals surface area contributed by atoms with Crippen molar-refractivity contribution in [2.24, 2.45) is 7.05 Å². The predicted octanol–water partition coefficient (Wildman–Crippen LogP) is 2.59. The Bertz CT molecular complexity index is 775. The maximum absolute atomic E-state index is 11.5. The highest BCUT2D eigenvalue weighted by Gasteiger charge is 2.31. The Balaban J connectivity index is 1.59. The molecule has 3 heterocycles. The summed E-state index contributed by atoms with van der Waals surface area (Å²) in [4.78, 5) is 11.5. The van der Waals surface area contributed by atoms with E-state index in [1.807, 2.05) is 31.3 Å². The van der Waals surface area contributed by atoms with Gasteiger partial charge in [-0.1, -0.05) is 24.3 Å². The van der Waals surface area contributed by atoms with E-state index in [-0.39, 0.29) is 18.1 Å². The molecule has 0 saturated carbocycles. The summed E-state index contributed by atoms with van der Waals surface area (Å²) in [6.45, 7) is 3.61. The standard InChI is InChI=1S/C19H24N4O2/c1-12(24)13-3-5-14(6-4-13)16-11-23(2)18-17(16)21-22-19(18)25-15-7-9-20-10-8-15/h3-6,11,15,19-22H,7-10H2,1-2H3. The largest absolute Gasteiger partial charge is 0.352 e. The minimum atomic E-state index is -0.145. The topological polar surface area (TPSA) is 67.3 Å². The van der Waals surface area contributed by atoms with Crippen LogP contribution in [0.5, 0.6) is 0 Å². The lowest BCUT2D eigenvalue weighted by atomic mass is 10.0. The van der Waals surface area contributed by atoms with Crippen molar-refractivity contribution >= 4 is 11.5 Å². The molecule has 0 aliphatic carbocycles. The molecule has 25 heavy (non-hydrogen) atoms. The quantitative estimate of drug-likeness (QED) is 0.747. The minimum Gasteiger partial charge on any atom is -0.352 e. The monoisotopic (exact) mass is 340 g/mol. The number of ketones is 1. The Morgan fingerprint density at radius 1 is 1.20 bits per heavy atom. The van der Waals surface area contributed by atoms with Gasteiger partial charge in [0.05, 0.1) is 17.5 Å². The fourth-order valence-electron chi connectivity index (χ4n) is 3.62. The van der Waals surface area contributed by atoms with Crippen molar-refractivity contribution in [3.63, 3.8) is 0 Å². The van der Waals surface area contributed by atoms with Gasteiger partial charge in [-0.25, -0.2) is 5.43 Å². The Labute approximate surface area is 147 Å². The van der Waals surface area contributed by atoms with Gasteiger partial charge in [-0.15, -0.1) is 0 Å². The Kier molecular flexibility index (Phi) is 4.33. The molecule has 4 rings (SSSR count). The number of anilines is 1. The van der Waals surface area contributed by atoms with E-state index in [0.29, 0.717) is 0 Å². The van der Waals surface area contributed by atoms with Crippen molar-refractivity contribution in [1.82, 2.24) is 15.3 Å². The highest BCUT2D eigenvalue weighted by Crippen LogP contribution is 2.40. The fraction of sp³-hybridized carbons (Fsp3) is 0.421. The van der Waals surface area contributed by atoms with E-state index in [9.17, 15) is 4.79 Å². The second kappa shape index (κ2) is 6.63. The number of Topliss-reactive ketones (excluding diaryl/α,β-unsaturated/α-hetero) is 1. The van der Waals surface area contributed by atoms with Crippen LogP contribution in [0.2, 0.25) is 0 Å². The molecule has 1 aromatic heterocycles. The Morgan fingerprint density at radius 2 is 1.92 bits per heavy atom. The molecule has 6 nitrogen and oxygen atoms in total. The molecule has 0 spiro atoms. The molecule has 6 heteroatoms. The SMILES string of the molecule is CC(=O)c1ccc(-c2cn(C)c3c2NNC3OC2CCNCC2)cc1. The number of nitrogens with one attached hydrogen (secondary N) is 3. The van der Waals surface area contributed by atoms with Gasteiger partial charge in [0.2, 0.25) is 0 Å². The first kappa shape index (κ1) is 16.3. The van der Waals surface area contributed by atoms with Gasteiger partial charge in [0, 0.05) is 24.4 Å². The van der Waals surface area contributed by atoms with Crippen molar-refractivity contribution in [1.29, 1.82) is 0 Å². The third-order valence-corrected chi connectivity index (χ3v) is 5.02. The average Bonchev–Trinajstić information content (AvgIpc) is 3.18. The number of hydrazine groups is 1. The number of ether oxygens (including phenoxy) is 1.